The predicted molar refractivity (Wildman–Crippen MR) is 51.1 cm³/mol. The fourth-order valence-electron chi connectivity index (χ4n) is 1.47. The quantitative estimate of drug-likeness (QED) is 0.695. The lowest BCUT2D eigenvalue weighted by Gasteiger charge is -2.17. The van der Waals surface area contributed by atoms with Crippen LogP contribution in [0.1, 0.15) is 12.0 Å². The lowest BCUT2D eigenvalue weighted by atomic mass is 10.2. The van der Waals surface area contributed by atoms with Crippen molar-refractivity contribution in [1.29, 1.82) is 5.26 Å². The molecular weight excluding hydrogens is 162 g/mol. The molecule has 3 nitrogen and oxygen atoms in total. The number of anilines is 1. The number of nitrogens with one attached hydrogen (secondary N) is 1. The van der Waals surface area contributed by atoms with Gasteiger partial charge in [0.25, 0.3) is 0 Å². The first kappa shape index (κ1) is 8.09. The van der Waals surface area contributed by atoms with Gasteiger partial charge < -0.3 is 5.01 Å². The van der Waals surface area contributed by atoms with Crippen LogP contribution in [0, 0.1) is 11.3 Å². The van der Waals surface area contributed by atoms with E-state index in [-0.39, 0.29) is 0 Å². The van der Waals surface area contributed by atoms with Crippen molar-refractivity contribution in [3.63, 3.8) is 0 Å². The van der Waals surface area contributed by atoms with Crippen molar-refractivity contribution >= 4 is 5.69 Å². The van der Waals surface area contributed by atoms with Crippen LogP contribution in [0.5, 0.6) is 0 Å². The monoisotopic (exact) mass is 173 g/mol. The maximum Gasteiger partial charge on any atom is 0.0991 e. The van der Waals surface area contributed by atoms with Crippen LogP contribution in [0.25, 0.3) is 0 Å². The van der Waals surface area contributed by atoms with Crippen molar-refractivity contribution in [3.05, 3.63) is 29.8 Å². The first-order chi connectivity index (χ1) is 6.40. The average molecular weight is 173 g/mol. The normalized spacial score (nSPS) is 15.8. The summed E-state index contributed by atoms with van der Waals surface area (Å²) in [6, 6.07) is 9.73. The minimum absolute atomic E-state index is 0.711. The Hall–Kier alpha value is -1.53. The highest BCUT2D eigenvalue weighted by Crippen LogP contribution is 2.15. The summed E-state index contributed by atoms with van der Waals surface area (Å²) < 4.78 is 0. The molecule has 1 fully saturated rings. The number of hydrogen-bond acceptors (Lipinski definition) is 3. The number of hydrazine groups is 1. The van der Waals surface area contributed by atoms with Crippen LogP contribution in [-0.4, -0.2) is 13.1 Å². The van der Waals surface area contributed by atoms with E-state index in [4.69, 9.17) is 5.26 Å². The lowest BCUT2D eigenvalue weighted by molar-refractivity contribution is 0.787. The van der Waals surface area contributed by atoms with Crippen LogP contribution < -0.4 is 10.4 Å². The third-order valence-electron chi connectivity index (χ3n) is 2.17. The van der Waals surface area contributed by atoms with Crippen molar-refractivity contribution in [3.8, 4) is 6.07 Å². The maximum absolute atomic E-state index is 8.61. The molecule has 1 heterocycles. The van der Waals surface area contributed by atoms with E-state index in [2.05, 4.69) is 16.5 Å². The third-order valence-corrected chi connectivity index (χ3v) is 2.17. The fourth-order valence-corrected chi connectivity index (χ4v) is 1.47. The Balaban J connectivity index is 2.18. The summed E-state index contributed by atoms with van der Waals surface area (Å²) in [6.07, 6.45) is 1.18. The van der Waals surface area contributed by atoms with Crippen LogP contribution >= 0.6 is 0 Å². The summed E-state index contributed by atoms with van der Waals surface area (Å²) in [5, 5.41) is 10.7. The molecule has 13 heavy (non-hydrogen) atoms. The summed E-state index contributed by atoms with van der Waals surface area (Å²) in [7, 11) is 0. The molecule has 2 rings (SSSR count). The van der Waals surface area contributed by atoms with Gasteiger partial charge in [-0.1, -0.05) is 0 Å². The number of nitrogens with zero attached hydrogens (tertiary/aromatic N) is 2. The first-order valence-electron chi connectivity index (χ1n) is 4.41. The molecule has 0 amide bonds. The van der Waals surface area contributed by atoms with Crippen molar-refractivity contribution < 1.29 is 0 Å². The van der Waals surface area contributed by atoms with Gasteiger partial charge >= 0.3 is 0 Å². The molecule has 0 atom stereocenters. The number of rotatable bonds is 1. The van der Waals surface area contributed by atoms with Gasteiger partial charge in [0.15, 0.2) is 0 Å². The average Bonchev–Trinajstić information content (AvgIpc) is 2.71. The Morgan fingerprint density at radius 3 is 2.62 bits per heavy atom. The van der Waals surface area contributed by atoms with Crippen molar-refractivity contribution in [1.82, 2.24) is 5.43 Å². The summed E-state index contributed by atoms with van der Waals surface area (Å²) in [5.74, 6) is 0. The van der Waals surface area contributed by atoms with Crippen LogP contribution in [0.4, 0.5) is 5.69 Å². The summed E-state index contributed by atoms with van der Waals surface area (Å²) >= 11 is 0. The highest BCUT2D eigenvalue weighted by Gasteiger charge is 2.10. The molecule has 1 aromatic rings. The van der Waals surface area contributed by atoms with Gasteiger partial charge in [0.2, 0.25) is 0 Å². The SMILES string of the molecule is N#Cc1ccc(N2CCCN2)cc1. The molecule has 1 aromatic carbocycles. The molecule has 1 saturated heterocycles. The third kappa shape index (κ3) is 1.63. The first-order valence-corrected chi connectivity index (χ1v) is 4.41. The Morgan fingerprint density at radius 1 is 1.31 bits per heavy atom. The van der Waals surface area contributed by atoms with Crippen LogP contribution in [-0.2, 0) is 0 Å². The number of benzene rings is 1. The molecule has 0 aromatic heterocycles. The highest BCUT2D eigenvalue weighted by atomic mass is 15.5. The smallest absolute Gasteiger partial charge is 0.0991 e. The van der Waals surface area contributed by atoms with Gasteiger partial charge in [0, 0.05) is 13.1 Å². The van der Waals surface area contributed by atoms with E-state index in [1.807, 2.05) is 24.3 Å². The molecule has 0 radical (unpaired) electrons. The summed E-state index contributed by atoms with van der Waals surface area (Å²) in [6.45, 7) is 2.09. The molecule has 0 bridgehead atoms. The number of nitriles is 1. The Kier molecular flexibility index (Phi) is 2.15. The highest BCUT2D eigenvalue weighted by molar-refractivity contribution is 5.49. The zero-order valence-electron chi connectivity index (χ0n) is 7.33. The van der Waals surface area contributed by atoms with E-state index < -0.39 is 0 Å². The van der Waals surface area contributed by atoms with Gasteiger partial charge in [-0.05, 0) is 30.7 Å². The van der Waals surface area contributed by atoms with Gasteiger partial charge in [-0.3, -0.25) is 0 Å². The largest absolute Gasteiger partial charge is 0.308 e. The Bertz CT molecular complexity index is 317. The van der Waals surface area contributed by atoms with Gasteiger partial charge in [-0.15, -0.1) is 0 Å². The maximum atomic E-state index is 8.61. The van der Waals surface area contributed by atoms with Gasteiger partial charge in [0.05, 0.1) is 17.3 Å². The topological polar surface area (TPSA) is 39.1 Å². The molecule has 0 saturated carbocycles. The van der Waals surface area contributed by atoms with Crippen LogP contribution in [0.3, 0.4) is 0 Å². The van der Waals surface area contributed by atoms with Crippen molar-refractivity contribution in [2.75, 3.05) is 18.1 Å². The molecule has 66 valence electrons. The molecular formula is C10H11N3. The lowest BCUT2D eigenvalue weighted by Crippen LogP contribution is -2.30. The fraction of sp³-hybridized carbons (Fsp3) is 0.300. The van der Waals surface area contributed by atoms with E-state index in [1.165, 1.54) is 6.42 Å². The second kappa shape index (κ2) is 3.46. The molecule has 0 aliphatic carbocycles. The molecule has 1 aliphatic heterocycles. The predicted octanol–water partition coefficient (Wildman–Crippen LogP) is 1.27. The van der Waals surface area contributed by atoms with Gasteiger partial charge in [0.1, 0.15) is 0 Å². The Labute approximate surface area is 77.6 Å². The second-order valence-electron chi connectivity index (χ2n) is 3.07. The molecule has 1 N–H and O–H groups in total. The van der Waals surface area contributed by atoms with Crippen LogP contribution in [0.15, 0.2) is 24.3 Å². The number of hydrogen-bond donors (Lipinski definition) is 1. The molecule has 0 spiro atoms. The standard InChI is InChI=1S/C10H11N3/c11-8-9-2-4-10(5-3-9)13-7-1-6-12-13/h2-5,12H,1,6-7H2. The van der Waals surface area contributed by atoms with Gasteiger partial charge in [-0.25, -0.2) is 5.43 Å². The minimum atomic E-state index is 0.711. The molecule has 1 aliphatic rings. The molecule has 0 unspecified atom stereocenters. The van der Waals surface area contributed by atoms with E-state index in [9.17, 15) is 0 Å². The van der Waals surface area contributed by atoms with E-state index in [0.717, 1.165) is 18.8 Å². The van der Waals surface area contributed by atoms with E-state index >= 15 is 0 Å². The molecule has 3 heteroatoms. The minimum Gasteiger partial charge on any atom is -0.308 e. The van der Waals surface area contributed by atoms with E-state index in [0.29, 0.717) is 5.56 Å². The van der Waals surface area contributed by atoms with Crippen molar-refractivity contribution in [2.45, 2.75) is 6.42 Å². The summed E-state index contributed by atoms with van der Waals surface area (Å²) in [4.78, 5) is 0. The van der Waals surface area contributed by atoms with Crippen molar-refractivity contribution in [2.24, 2.45) is 0 Å². The zero-order valence-corrected chi connectivity index (χ0v) is 7.33. The summed E-state index contributed by atoms with van der Waals surface area (Å²) in [5.41, 5.74) is 5.11. The Morgan fingerprint density at radius 2 is 2.08 bits per heavy atom. The van der Waals surface area contributed by atoms with E-state index in [1.54, 1.807) is 0 Å². The zero-order chi connectivity index (χ0) is 9.10. The van der Waals surface area contributed by atoms with Gasteiger partial charge in [-0.2, -0.15) is 5.26 Å². The second-order valence-corrected chi connectivity index (χ2v) is 3.07. The van der Waals surface area contributed by atoms with Crippen LogP contribution in [0.2, 0.25) is 0 Å².